The second-order valence-corrected chi connectivity index (χ2v) is 8.33. The highest BCUT2D eigenvalue weighted by atomic mass is 16.5. The number of amides is 1. The number of nitrogens with zero attached hydrogens (tertiary/aromatic N) is 5. The van der Waals surface area contributed by atoms with Crippen molar-refractivity contribution in [2.45, 2.75) is 45.1 Å². The minimum atomic E-state index is 0.297. The van der Waals surface area contributed by atoms with Gasteiger partial charge in [-0.25, -0.2) is 4.98 Å². The van der Waals surface area contributed by atoms with Crippen molar-refractivity contribution in [3.63, 3.8) is 0 Å². The smallest absolute Gasteiger partial charge is 0.227 e. The molecule has 0 unspecified atom stereocenters. The lowest BCUT2D eigenvalue weighted by atomic mass is 10.0. The number of nitrogens with one attached hydrogen (secondary N) is 1. The zero-order valence-corrected chi connectivity index (χ0v) is 17.6. The molecule has 8 heteroatoms. The predicted octanol–water partition coefficient (Wildman–Crippen LogP) is 1.51. The Labute approximate surface area is 173 Å². The normalized spacial score (nSPS) is 21.8. The largest absolute Gasteiger partial charge is 0.379 e. The molecule has 1 aromatic heterocycles. The van der Waals surface area contributed by atoms with Crippen LogP contribution in [0.4, 0.5) is 11.8 Å². The van der Waals surface area contributed by atoms with E-state index >= 15 is 0 Å². The van der Waals surface area contributed by atoms with Crippen LogP contribution in [-0.4, -0.2) is 90.7 Å². The van der Waals surface area contributed by atoms with Crippen molar-refractivity contribution < 1.29 is 9.53 Å². The fourth-order valence-corrected chi connectivity index (χ4v) is 4.59. The molecule has 8 nitrogen and oxygen atoms in total. The molecule has 0 aromatic carbocycles. The molecule has 1 N–H and O–H groups in total. The molecule has 160 valence electrons. The van der Waals surface area contributed by atoms with Crippen LogP contribution in [0.15, 0.2) is 6.07 Å². The Morgan fingerprint density at radius 1 is 1.14 bits per heavy atom. The summed E-state index contributed by atoms with van der Waals surface area (Å²) in [6.07, 6.45) is 4.97. The van der Waals surface area contributed by atoms with Gasteiger partial charge in [0.05, 0.1) is 13.2 Å². The number of anilines is 2. The van der Waals surface area contributed by atoms with Gasteiger partial charge in [0.25, 0.3) is 0 Å². The Balaban J connectivity index is 1.26. The molecule has 0 bridgehead atoms. The zero-order chi connectivity index (χ0) is 20.1. The fourth-order valence-electron chi connectivity index (χ4n) is 4.59. The van der Waals surface area contributed by atoms with Crippen LogP contribution in [0.25, 0.3) is 0 Å². The Morgan fingerprint density at radius 3 is 2.66 bits per heavy atom. The van der Waals surface area contributed by atoms with E-state index in [2.05, 4.69) is 20.1 Å². The van der Waals surface area contributed by atoms with Gasteiger partial charge < -0.3 is 19.9 Å². The molecule has 0 atom stereocenters. The first-order valence-corrected chi connectivity index (χ1v) is 11.1. The van der Waals surface area contributed by atoms with Gasteiger partial charge in [0, 0.05) is 70.0 Å². The van der Waals surface area contributed by atoms with E-state index in [4.69, 9.17) is 9.72 Å². The number of piperidine rings is 1. The van der Waals surface area contributed by atoms with Crippen molar-refractivity contribution in [1.82, 2.24) is 19.8 Å². The van der Waals surface area contributed by atoms with Gasteiger partial charge in [-0.1, -0.05) is 0 Å². The van der Waals surface area contributed by atoms with Gasteiger partial charge in [-0.05, 0) is 32.6 Å². The van der Waals surface area contributed by atoms with Crippen molar-refractivity contribution in [3.8, 4) is 0 Å². The van der Waals surface area contributed by atoms with Crippen LogP contribution < -0.4 is 10.2 Å². The molecule has 29 heavy (non-hydrogen) atoms. The van der Waals surface area contributed by atoms with E-state index in [1.807, 2.05) is 17.9 Å². The summed E-state index contributed by atoms with van der Waals surface area (Å²) in [6.45, 7) is 10.4. The molecule has 0 radical (unpaired) electrons. The molecule has 1 amide bonds. The first-order chi connectivity index (χ1) is 14.2. The van der Waals surface area contributed by atoms with Crippen molar-refractivity contribution in [2.75, 3.05) is 69.2 Å². The molecule has 0 spiro atoms. The molecule has 3 aliphatic rings. The maximum Gasteiger partial charge on any atom is 0.227 e. The number of carbonyl (C=O) groups excluding carboxylic acids is 1. The highest BCUT2D eigenvalue weighted by Gasteiger charge is 2.27. The van der Waals surface area contributed by atoms with Crippen LogP contribution in [0.1, 0.15) is 37.8 Å². The van der Waals surface area contributed by atoms with Crippen LogP contribution in [0, 0.1) is 6.92 Å². The van der Waals surface area contributed by atoms with Crippen LogP contribution in [0.5, 0.6) is 0 Å². The number of aromatic nitrogens is 2. The van der Waals surface area contributed by atoms with E-state index in [1.165, 1.54) is 0 Å². The molecule has 3 saturated heterocycles. The summed E-state index contributed by atoms with van der Waals surface area (Å²) in [4.78, 5) is 28.0. The fraction of sp³-hybridized carbons (Fsp3) is 0.762. The number of hydrogen-bond donors (Lipinski definition) is 1. The summed E-state index contributed by atoms with van der Waals surface area (Å²) in [6, 6.07) is 2.66. The number of likely N-dealkylation sites (tertiary alicyclic amines) is 1. The maximum atomic E-state index is 11.7. The molecule has 4 rings (SSSR count). The number of ether oxygens (including phenoxy) is 1. The van der Waals surface area contributed by atoms with Crippen molar-refractivity contribution >= 4 is 17.7 Å². The van der Waals surface area contributed by atoms with Gasteiger partial charge in [0.2, 0.25) is 11.9 Å². The number of carbonyl (C=O) groups is 1. The summed E-state index contributed by atoms with van der Waals surface area (Å²) in [5.41, 5.74) is 0.988. The van der Waals surface area contributed by atoms with E-state index in [1.54, 1.807) is 0 Å². The standard InChI is InChI=1S/C21H34N6O2/c1-17-16-19(22-7-3-9-26-8-2-4-20(26)28)24-21(23-17)27-10-5-18(6-11-27)25-12-14-29-15-13-25/h16,18H,2-15H2,1H3,(H,22,23,24). The molecule has 4 heterocycles. The lowest BCUT2D eigenvalue weighted by Gasteiger charge is -2.40. The average Bonchev–Trinajstić information content (AvgIpc) is 3.16. The third kappa shape index (κ3) is 5.36. The summed E-state index contributed by atoms with van der Waals surface area (Å²) < 4.78 is 5.48. The summed E-state index contributed by atoms with van der Waals surface area (Å²) in [5, 5.41) is 3.43. The van der Waals surface area contributed by atoms with Crippen molar-refractivity contribution in [2.24, 2.45) is 0 Å². The van der Waals surface area contributed by atoms with Crippen LogP contribution >= 0.6 is 0 Å². The van der Waals surface area contributed by atoms with E-state index in [9.17, 15) is 4.79 Å². The second-order valence-electron chi connectivity index (χ2n) is 8.33. The summed E-state index contributed by atoms with van der Waals surface area (Å²) in [7, 11) is 0. The molecule has 3 aliphatic heterocycles. The number of hydrogen-bond acceptors (Lipinski definition) is 7. The van der Waals surface area contributed by atoms with E-state index in [0.29, 0.717) is 18.4 Å². The van der Waals surface area contributed by atoms with Gasteiger partial charge in [0.1, 0.15) is 5.82 Å². The van der Waals surface area contributed by atoms with Crippen LogP contribution in [-0.2, 0) is 9.53 Å². The quantitative estimate of drug-likeness (QED) is 0.693. The number of morpholine rings is 1. The van der Waals surface area contributed by atoms with Gasteiger partial charge in [0.15, 0.2) is 0 Å². The maximum absolute atomic E-state index is 11.7. The van der Waals surface area contributed by atoms with E-state index in [0.717, 1.165) is 102 Å². The monoisotopic (exact) mass is 402 g/mol. The van der Waals surface area contributed by atoms with Crippen LogP contribution in [0.3, 0.4) is 0 Å². The highest BCUT2D eigenvalue weighted by molar-refractivity contribution is 5.78. The third-order valence-corrected chi connectivity index (χ3v) is 6.23. The SMILES string of the molecule is Cc1cc(NCCCN2CCCC2=O)nc(N2CCC(N3CCOCC3)CC2)n1. The average molecular weight is 403 g/mol. The highest BCUT2D eigenvalue weighted by Crippen LogP contribution is 2.22. The minimum Gasteiger partial charge on any atom is -0.379 e. The second kappa shape index (κ2) is 9.71. The molecular formula is C21H34N6O2. The van der Waals surface area contributed by atoms with E-state index in [-0.39, 0.29) is 0 Å². The first kappa shape index (κ1) is 20.3. The Kier molecular flexibility index (Phi) is 6.82. The molecule has 0 saturated carbocycles. The topological polar surface area (TPSA) is 73.8 Å². The number of rotatable bonds is 7. The number of aryl methyl sites for hydroxylation is 1. The molecule has 3 fully saturated rings. The molecule has 0 aliphatic carbocycles. The zero-order valence-electron chi connectivity index (χ0n) is 17.6. The summed E-state index contributed by atoms with van der Waals surface area (Å²) in [5.74, 6) is 2.02. The van der Waals surface area contributed by atoms with Crippen LogP contribution in [0.2, 0.25) is 0 Å². The Bertz CT molecular complexity index is 686. The van der Waals surface area contributed by atoms with Gasteiger partial charge in [-0.15, -0.1) is 0 Å². The summed E-state index contributed by atoms with van der Waals surface area (Å²) >= 11 is 0. The molecule has 1 aromatic rings. The predicted molar refractivity (Wildman–Crippen MR) is 113 cm³/mol. The molecular weight excluding hydrogens is 368 g/mol. The lowest BCUT2D eigenvalue weighted by molar-refractivity contribution is -0.127. The van der Waals surface area contributed by atoms with Crippen molar-refractivity contribution in [1.29, 1.82) is 0 Å². The Morgan fingerprint density at radius 2 is 1.93 bits per heavy atom. The third-order valence-electron chi connectivity index (χ3n) is 6.23. The van der Waals surface area contributed by atoms with E-state index < -0.39 is 0 Å². The van der Waals surface area contributed by atoms with Gasteiger partial charge in [-0.3, -0.25) is 9.69 Å². The minimum absolute atomic E-state index is 0.297. The Hall–Kier alpha value is -1.93. The van der Waals surface area contributed by atoms with Gasteiger partial charge >= 0.3 is 0 Å². The first-order valence-electron chi connectivity index (χ1n) is 11.1. The van der Waals surface area contributed by atoms with Crippen molar-refractivity contribution in [3.05, 3.63) is 11.8 Å². The van der Waals surface area contributed by atoms with Gasteiger partial charge in [-0.2, -0.15) is 4.98 Å². The lowest BCUT2D eigenvalue weighted by Crippen LogP contribution is -2.49.